The van der Waals surface area contributed by atoms with Crippen molar-refractivity contribution in [3.05, 3.63) is 73.9 Å². The Morgan fingerprint density at radius 3 is 2.79 bits per heavy atom. The van der Waals surface area contributed by atoms with E-state index in [2.05, 4.69) is 15.2 Å². The van der Waals surface area contributed by atoms with E-state index < -0.39 is 17.0 Å². The fourth-order valence-electron chi connectivity index (χ4n) is 3.67. The van der Waals surface area contributed by atoms with Crippen LogP contribution >= 0.6 is 23.2 Å². The molecule has 0 saturated carbocycles. The third-order valence-electron chi connectivity index (χ3n) is 5.32. The SMILES string of the molecule is COC(C)(c1ccc(F)cc1Cl)c1cnc2n1CCN(c1cn[nH]c(=O)c1Cl)C2. The van der Waals surface area contributed by atoms with Gasteiger partial charge in [0.15, 0.2) is 0 Å². The molecule has 1 unspecified atom stereocenters. The van der Waals surface area contributed by atoms with Crippen molar-refractivity contribution in [3.63, 3.8) is 0 Å². The van der Waals surface area contributed by atoms with Gasteiger partial charge in [-0.2, -0.15) is 5.10 Å². The minimum atomic E-state index is -0.915. The summed E-state index contributed by atoms with van der Waals surface area (Å²) >= 11 is 12.5. The number of ether oxygens (including phenoxy) is 1. The quantitative estimate of drug-likeness (QED) is 0.677. The number of rotatable bonds is 4. The predicted molar refractivity (Wildman–Crippen MR) is 108 cm³/mol. The zero-order valence-electron chi connectivity index (χ0n) is 15.7. The van der Waals surface area contributed by atoms with Gasteiger partial charge in [-0.05, 0) is 19.1 Å². The molecule has 3 aromatic rings. The fraction of sp³-hybridized carbons (Fsp3) is 0.316. The van der Waals surface area contributed by atoms with E-state index in [-0.39, 0.29) is 10.0 Å². The molecular formula is C19H18Cl2FN5O2. The van der Waals surface area contributed by atoms with Crippen LogP contribution in [0.1, 0.15) is 24.0 Å². The molecule has 0 bridgehead atoms. The smallest absolute Gasteiger partial charge is 0.285 e. The van der Waals surface area contributed by atoms with Crippen molar-refractivity contribution in [3.8, 4) is 0 Å². The Morgan fingerprint density at radius 2 is 2.07 bits per heavy atom. The first-order chi connectivity index (χ1) is 13.8. The van der Waals surface area contributed by atoms with Crippen LogP contribution in [0.2, 0.25) is 10.0 Å². The van der Waals surface area contributed by atoms with Gasteiger partial charge in [-0.15, -0.1) is 0 Å². The molecule has 4 rings (SSSR count). The van der Waals surface area contributed by atoms with E-state index in [4.69, 9.17) is 27.9 Å². The highest BCUT2D eigenvalue weighted by atomic mass is 35.5. The van der Waals surface area contributed by atoms with E-state index in [1.54, 1.807) is 19.4 Å². The second-order valence-electron chi connectivity index (χ2n) is 6.89. The summed E-state index contributed by atoms with van der Waals surface area (Å²) in [7, 11) is 1.58. The van der Waals surface area contributed by atoms with Crippen molar-refractivity contribution in [2.24, 2.45) is 0 Å². The van der Waals surface area contributed by atoms with Gasteiger partial charge in [-0.1, -0.05) is 29.3 Å². The number of imidazole rings is 1. The van der Waals surface area contributed by atoms with E-state index in [1.165, 1.54) is 18.3 Å². The lowest BCUT2D eigenvalue weighted by atomic mass is 9.92. The maximum atomic E-state index is 13.5. The molecule has 0 amide bonds. The van der Waals surface area contributed by atoms with E-state index in [0.717, 1.165) is 11.5 Å². The minimum Gasteiger partial charge on any atom is -0.367 e. The molecule has 1 aromatic carbocycles. The predicted octanol–water partition coefficient (Wildman–Crippen LogP) is 3.34. The average molecular weight is 438 g/mol. The highest BCUT2D eigenvalue weighted by molar-refractivity contribution is 6.33. The van der Waals surface area contributed by atoms with Gasteiger partial charge in [0, 0.05) is 30.8 Å². The van der Waals surface area contributed by atoms with Crippen molar-refractivity contribution in [1.82, 2.24) is 19.7 Å². The Bertz CT molecular complexity index is 1130. The van der Waals surface area contributed by atoms with Crippen LogP contribution in [-0.4, -0.2) is 33.4 Å². The summed E-state index contributed by atoms with van der Waals surface area (Å²) in [5.74, 6) is 0.371. The van der Waals surface area contributed by atoms with Gasteiger partial charge in [0.05, 0.1) is 30.3 Å². The monoisotopic (exact) mass is 437 g/mol. The summed E-state index contributed by atoms with van der Waals surface area (Å²) in [5.41, 5.74) is 0.661. The summed E-state index contributed by atoms with van der Waals surface area (Å²) < 4.78 is 21.4. The van der Waals surface area contributed by atoms with Crippen LogP contribution in [0, 0.1) is 5.82 Å². The van der Waals surface area contributed by atoms with Gasteiger partial charge in [-0.3, -0.25) is 4.79 Å². The number of nitrogens with zero attached hydrogens (tertiary/aromatic N) is 4. The number of hydrogen-bond acceptors (Lipinski definition) is 5. The van der Waals surface area contributed by atoms with E-state index in [1.807, 2.05) is 16.4 Å². The second-order valence-corrected chi connectivity index (χ2v) is 7.68. The zero-order chi connectivity index (χ0) is 20.8. The first kappa shape index (κ1) is 19.9. The van der Waals surface area contributed by atoms with Crippen molar-refractivity contribution in [1.29, 1.82) is 0 Å². The molecular weight excluding hydrogens is 420 g/mol. The summed E-state index contributed by atoms with van der Waals surface area (Å²) in [5, 5.41) is 6.53. The van der Waals surface area contributed by atoms with Gasteiger partial charge >= 0.3 is 0 Å². The largest absolute Gasteiger partial charge is 0.367 e. The summed E-state index contributed by atoms with van der Waals surface area (Å²) in [4.78, 5) is 18.3. The molecule has 3 heterocycles. The number of aromatic nitrogens is 4. The number of hydrogen-bond donors (Lipinski definition) is 1. The molecule has 1 atom stereocenters. The number of anilines is 1. The maximum Gasteiger partial charge on any atom is 0.285 e. The van der Waals surface area contributed by atoms with Crippen molar-refractivity contribution >= 4 is 28.9 Å². The normalized spacial score (nSPS) is 15.8. The van der Waals surface area contributed by atoms with Crippen LogP contribution in [0.15, 0.2) is 35.4 Å². The molecule has 0 radical (unpaired) electrons. The number of H-pyrrole nitrogens is 1. The molecule has 0 fully saturated rings. The van der Waals surface area contributed by atoms with Gasteiger partial charge in [0.2, 0.25) is 0 Å². The Hall–Kier alpha value is -2.42. The lowest BCUT2D eigenvalue weighted by Gasteiger charge is -2.34. The first-order valence-electron chi connectivity index (χ1n) is 8.89. The van der Waals surface area contributed by atoms with Gasteiger partial charge in [0.25, 0.3) is 5.56 Å². The van der Waals surface area contributed by atoms with Crippen LogP contribution in [0.3, 0.4) is 0 Å². The van der Waals surface area contributed by atoms with Crippen LogP contribution < -0.4 is 10.5 Å². The standard InChI is InChI=1S/C19H18Cl2FN5O2/c1-19(29-2,12-4-3-11(22)7-13(12)20)15-9-23-16-10-26(5-6-27(15)16)14-8-24-25-18(28)17(14)21/h3-4,7-9H,5-6,10H2,1-2H3,(H,25,28). The van der Waals surface area contributed by atoms with Crippen LogP contribution in [0.4, 0.5) is 10.1 Å². The lowest BCUT2D eigenvalue weighted by Crippen LogP contribution is -2.38. The van der Waals surface area contributed by atoms with Gasteiger partial charge < -0.3 is 14.2 Å². The molecule has 0 aliphatic carbocycles. The highest BCUT2D eigenvalue weighted by Gasteiger charge is 2.36. The molecule has 29 heavy (non-hydrogen) atoms. The number of halogens is 3. The molecule has 2 aromatic heterocycles. The second kappa shape index (κ2) is 7.44. The van der Waals surface area contributed by atoms with E-state index in [9.17, 15) is 9.18 Å². The third-order valence-corrected chi connectivity index (χ3v) is 6.00. The van der Waals surface area contributed by atoms with Crippen LogP contribution in [0.5, 0.6) is 0 Å². The molecule has 10 heteroatoms. The van der Waals surface area contributed by atoms with Gasteiger partial charge in [-0.25, -0.2) is 14.5 Å². The lowest BCUT2D eigenvalue weighted by molar-refractivity contribution is 0.0319. The summed E-state index contributed by atoms with van der Waals surface area (Å²) in [6, 6.07) is 4.25. The van der Waals surface area contributed by atoms with Crippen molar-refractivity contribution in [2.75, 3.05) is 18.6 Å². The molecule has 1 aliphatic heterocycles. The molecule has 0 spiro atoms. The molecule has 7 nitrogen and oxygen atoms in total. The maximum absolute atomic E-state index is 13.5. The number of aromatic amines is 1. The topological polar surface area (TPSA) is 76.0 Å². The van der Waals surface area contributed by atoms with Crippen LogP contribution in [-0.2, 0) is 23.4 Å². The van der Waals surface area contributed by atoms with Gasteiger partial charge in [0.1, 0.15) is 22.3 Å². The number of nitrogens with one attached hydrogen (secondary N) is 1. The minimum absolute atomic E-state index is 0.0973. The Kier molecular flexibility index (Phi) is 5.10. The molecule has 152 valence electrons. The van der Waals surface area contributed by atoms with E-state index >= 15 is 0 Å². The number of fused-ring (bicyclic) bond motifs is 1. The number of benzene rings is 1. The molecule has 0 saturated heterocycles. The molecule has 1 N–H and O–H groups in total. The first-order valence-corrected chi connectivity index (χ1v) is 9.64. The van der Waals surface area contributed by atoms with Crippen molar-refractivity contribution in [2.45, 2.75) is 25.6 Å². The third kappa shape index (κ3) is 3.31. The zero-order valence-corrected chi connectivity index (χ0v) is 17.3. The van der Waals surface area contributed by atoms with E-state index in [0.29, 0.717) is 30.9 Å². The van der Waals surface area contributed by atoms with Crippen molar-refractivity contribution < 1.29 is 9.13 Å². The Balaban J connectivity index is 1.72. The Labute approximate surface area is 176 Å². The Morgan fingerprint density at radius 1 is 1.28 bits per heavy atom. The molecule has 1 aliphatic rings. The summed E-state index contributed by atoms with van der Waals surface area (Å²) in [6.45, 7) is 3.51. The fourth-order valence-corrected chi connectivity index (χ4v) is 4.23. The van der Waals surface area contributed by atoms with Crippen LogP contribution in [0.25, 0.3) is 0 Å². The highest BCUT2D eigenvalue weighted by Crippen LogP contribution is 2.38. The average Bonchev–Trinajstić information content (AvgIpc) is 3.13. The number of methoxy groups -OCH3 is 1. The summed E-state index contributed by atoms with van der Waals surface area (Å²) in [6.07, 6.45) is 3.26.